The SMILES string of the molecule is COc1ccc(CCCNCCO)cc1. The van der Waals surface area contributed by atoms with Crippen molar-refractivity contribution in [3.05, 3.63) is 29.8 Å². The molecule has 0 bridgehead atoms. The lowest BCUT2D eigenvalue weighted by Crippen LogP contribution is -2.19. The van der Waals surface area contributed by atoms with Crippen molar-refractivity contribution >= 4 is 0 Å². The average Bonchev–Trinajstić information content (AvgIpc) is 2.30. The minimum Gasteiger partial charge on any atom is -0.497 e. The van der Waals surface area contributed by atoms with Crippen LogP contribution in [0.1, 0.15) is 12.0 Å². The smallest absolute Gasteiger partial charge is 0.118 e. The fourth-order valence-electron chi connectivity index (χ4n) is 1.41. The zero-order chi connectivity index (χ0) is 10.9. The van der Waals surface area contributed by atoms with Crippen LogP contribution in [-0.2, 0) is 6.42 Å². The maximum atomic E-state index is 8.56. The van der Waals surface area contributed by atoms with Crippen LogP contribution in [0.5, 0.6) is 5.75 Å². The number of aliphatic hydroxyl groups excluding tert-OH is 1. The molecule has 0 saturated heterocycles. The fourth-order valence-corrected chi connectivity index (χ4v) is 1.41. The topological polar surface area (TPSA) is 41.5 Å². The third-order valence-corrected chi connectivity index (χ3v) is 2.27. The summed E-state index contributed by atoms with van der Waals surface area (Å²) in [5.74, 6) is 0.900. The van der Waals surface area contributed by atoms with E-state index in [2.05, 4.69) is 17.4 Å². The van der Waals surface area contributed by atoms with E-state index >= 15 is 0 Å². The van der Waals surface area contributed by atoms with E-state index < -0.39 is 0 Å². The Bertz CT molecular complexity index is 259. The maximum Gasteiger partial charge on any atom is 0.118 e. The largest absolute Gasteiger partial charge is 0.497 e. The molecule has 0 radical (unpaired) electrons. The van der Waals surface area contributed by atoms with Crippen molar-refractivity contribution in [3.63, 3.8) is 0 Å². The summed E-state index contributed by atoms with van der Waals surface area (Å²) < 4.78 is 5.09. The van der Waals surface area contributed by atoms with Gasteiger partial charge >= 0.3 is 0 Å². The molecule has 2 N–H and O–H groups in total. The maximum absolute atomic E-state index is 8.56. The normalized spacial score (nSPS) is 10.3. The molecule has 0 amide bonds. The molecule has 0 spiro atoms. The molecule has 0 fully saturated rings. The van der Waals surface area contributed by atoms with E-state index in [4.69, 9.17) is 9.84 Å². The third kappa shape index (κ3) is 4.81. The molecule has 15 heavy (non-hydrogen) atoms. The summed E-state index contributed by atoms with van der Waals surface area (Å²) in [6.07, 6.45) is 2.15. The van der Waals surface area contributed by atoms with Crippen LogP contribution in [0.25, 0.3) is 0 Å². The average molecular weight is 209 g/mol. The van der Waals surface area contributed by atoms with Gasteiger partial charge in [0, 0.05) is 6.54 Å². The first kappa shape index (κ1) is 12.0. The summed E-state index contributed by atoms with van der Waals surface area (Å²) in [5.41, 5.74) is 1.32. The van der Waals surface area contributed by atoms with Crippen molar-refractivity contribution in [2.24, 2.45) is 0 Å². The highest BCUT2D eigenvalue weighted by molar-refractivity contribution is 5.27. The Kier molecular flexibility index (Phi) is 5.81. The summed E-state index contributed by atoms with van der Waals surface area (Å²) in [6, 6.07) is 8.14. The number of ether oxygens (including phenoxy) is 1. The predicted molar refractivity (Wildman–Crippen MR) is 61.3 cm³/mol. The van der Waals surface area contributed by atoms with Crippen LogP contribution in [0.4, 0.5) is 0 Å². The Morgan fingerprint density at radius 2 is 1.93 bits per heavy atom. The Labute approximate surface area is 91.1 Å². The Hall–Kier alpha value is -1.06. The molecule has 0 saturated carbocycles. The molecule has 84 valence electrons. The van der Waals surface area contributed by atoms with Gasteiger partial charge in [0.2, 0.25) is 0 Å². The van der Waals surface area contributed by atoms with Crippen molar-refractivity contribution in [3.8, 4) is 5.75 Å². The van der Waals surface area contributed by atoms with Gasteiger partial charge in [0.05, 0.1) is 13.7 Å². The summed E-state index contributed by atoms with van der Waals surface area (Å²) >= 11 is 0. The first-order valence-electron chi connectivity index (χ1n) is 5.31. The van der Waals surface area contributed by atoms with Crippen molar-refractivity contribution in [2.45, 2.75) is 12.8 Å². The van der Waals surface area contributed by atoms with Crippen molar-refractivity contribution in [2.75, 3.05) is 26.8 Å². The third-order valence-electron chi connectivity index (χ3n) is 2.27. The highest BCUT2D eigenvalue weighted by atomic mass is 16.5. The first-order chi connectivity index (χ1) is 7.36. The quantitative estimate of drug-likeness (QED) is 0.663. The minimum atomic E-state index is 0.211. The lowest BCUT2D eigenvalue weighted by atomic mass is 10.1. The van der Waals surface area contributed by atoms with Gasteiger partial charge in [-0.25, -0.2) is 0 Å². The molecule has 1 aromatic carbocycles. The van der Waals surface area contributed by atoms with Gasteiger partial charge in [-0.1, -0.05) is 12.1 Å². The molecule has 0 aliphatic carbocycles. The van der Waals surface area contributed by atoms with Crippen molar-refractivity contribution in [1.82, 2.24) is 5.32 Å². The molecule has 1 rings (SSSR count). The van der Waals surface area contributed by atoms with Gasteiger partial charge < -0.3 is 15.2 Å². The van der Waals surface area contributed by atoms with Gasteiger partial charge in [0.25, 0.3) is 0 Å². The lowest BCUT2D eigenvalue weighted by molar-refractivity contribution is 0.292. The summed E-state index contributed by atoms with van der Waals surface area (Å²) in [4.78, 5) is 0. The van der Waals surface area contributed by atoms with Crippen LogP contribution in [0, 0.1) is 0 Å². The zero-order valence-electron chi connectivity index (χ0n) is 9.20. The minimum absolute atomic E-state index is 0.211. The first-order valence-corrected chi connectivity index (χ1v) is 5.31. The molecule has 0 aromatic heterocycles. The van der Waals surface area contributed by atoms with Crippen LogP contribution in [0.3, 0.4) is 0 Å². The van der Waals surface area contributed by atoms with Crippen LogP contribution in [0.15, 0.2) is 24.3 Å². The second kappa shape index (κ2) is 7.26. The molecule has 0 atom stereocenters. The van der Waals surface area contributed by atoms with Crippen LogP contribution in [-0.4, -0.2) is 31.9 Å². The van der Waals surface area contributed by atoms with E-state index in [1.165, 1.54) is 5.56 Å². The summed E-state index contributed by atoms with van der Waals surface area (Å²) in [7, 11) is 1.67. The second-order valence-electron chi connectivity index (χ2n) is 3.43. The summed E-state index contributed by atoms with van der Waals surface area (Å²) in [6.45, 7) is 1.84. The van der Waals surface area contributed by atoms with E-state index in [9.17, 15) is 0 Å². The van der Waals surface area contributed by atoms with Gasteiger partial charge in [-0.2, -0.15) is 0 Å². The number of rotatable bonds is 7. The van der Waals surface area contributed by atoms with E-state index in [0.717, 1.165) is 25.1 Å². The van der Waals surface area contributed by atoms with E-state index in [-0.39, 0.29) is 6.61 Å². The monoisotopic (exact) mass is 209 g/mol. The molecule has 0 aliphatic heterocycles. The second-order valence-corrected chi connectivity index (χ2v) is 3.43. The van der Waals surface area contributed by atoms with E-state index in [0.29, 0.717) is 6.54 Å². The molecule has 3 heteroatoms. The zero-order valence-corrected chi connectivity index (χ0v) is 9.20. The van der Waals surface area contributed by atoms with Gasteiger partial charge in [-0.15, -0.1) is 0 Å². The Morgan fingerprint density at radius 3 is 2.53 bits per heavy atom. The van der Waals surface area contributed by atoms with Gasteiger partial charge in [0.15, 0.2) is 0 Å². The number of aliphatic hydroxyl groups is 1. The highest BCUT2D eigenvalue weighted by Gasteiger charge is 1.94. The number of hydrogen-bond donors (Lipinski definition) is 2. The highest BCUT2D eigenvalue weighted by Crippen LogP contribution is 2.12. The summed E-state index contributed by atoms with van der Waals surface area (Å²) in [5, 5.41) is 11.7. The van der Waals surface area contributed by atoms with E-state index in [1.807, 2.05) is 12.1 Å². The molecule has 1 aromatic rings. The number of nitrogens with one attached hydrogen (secondary N) is 1. The molecule has 0 aliphatic rings. The Balaban J connectivity index is 2.20. The molecule has 3 nitrogen and oxygen atoms in total. The number of methoxy groups -OCH3 is 1. The molecular weight excluding hydrogens is 190 g/mol. The fraction of sp³-hybridized carbons (Fsp3) is 0.500. The van der Waals surface area contributed by atoms with Crippen LogP contribution < -0.4 is 10.1 Å². The van der Waals surface area contributed by atoms with Crippen molar-refractivity contribution < 1.29 is 9.84 Å². The number of hydrogen-bond acceptors (Lipinski definition) is 3. The predicted octanol–water partition coefficient (Wildman–Crippen LogP) is 1.21. The lowest BCUT2D eigenvalue weighted by Gasteiger charge is -2.04. The van der Waals surface area contributed by atoms with Crippen LogP contribution >= 0.6 is 0 Å². The number of benzene rings is 1. The Morgan fingerprint density at radius 1 is 1.20 bits per heavy atom. The van der Waals surface area contributed by atoms with Crippen LogP contribution in [0.2, 0.25) is 0 Å². The van der Waals surface area contributed by atoms with Gasteiger partial charge in [-0.3, -0.25) is 0 Å². The molecule has 0 heterocycles. The van der Waals surface area contributed by atoms with Crippen molar-refractivity contribution in [1.29, 1.82) is 0 Å². The molecular formula is C12H19NO2. The molecule has 0 unspecified atom stereocenters. The number of aryl methyl sites for hydroxylation is 1. The van der Waals surface area contributed by atoms with Gasteiger partial charge in [-0.05, 0) is 37.1 Å². The standard InChI is InChI=1S/C12H19NO2/c1-15-12-6-4-11(5-7-12)3-2-8-13-9-10-14/h4-7,13-14H,2-3,8-10H2,1H3. The van der Waals surface area contributed by atoms with Gasteiger partial charge in [0.1, 0.15) is 5.75 Å². The van der Waals surface area contributed by atoms with E-state index in [1.54, 1.807) is 7.11 Å².